The second-order valence-corrected chi connectivity index (χ2v) is 5.60. The highest BCUT2D eigenvalue weighted by atomic mass is 31.0. The Labute approximate surface area is 102 Å². The Balaban J connectivity index is 4.20. The Morgan fingerprint density at radius 1 is 1.44 bits per heavy atom. The lowest BCUT2D eigenvalue weighted by molar-refractivity contribution is -0.00404. The zero-order chi connectivity index (χ0) is 12.9. The first kappa shape index (κ1) is 16.1. The van der Waals surface area contributed by atoms with E-state index in [-0.39, 0.29) is 18.5 Å². The third-order valence-corrected chi connectivity index (χ3v) is 2.94. The van der Waals surface area contributed by atoms with Crippen molar-refractivity contribution in [2.45, 2.75) is 39.8 Å². The number of hydrogen-bond acceptors (Lipinski definition) is 3. The third kappa shape index (κ3) is 5.45. The average Bonchev–Trinajstić information content (AvgIpc) is 2.22. The summed E-state index contributed by atoms with van der Waals surface area (Å²) in [7, 11) is 2.55. The Morgan fingerprint density at radius 2 is 1.94 bits per heavy atom. The minimum Gasteiger partial charge on any atom is -0.431 e. The van der Waals surface area contributed by atoms with Gasteiger partial charge in [0.1, 0.15) is 0 Å². The molecule has 3 nitrogen and oxygen atoms in total. The summed E-state index contributed by atoms with van der Waals surface area (Å²) in [4.78, 5) is 0. The number of aliphatic hydroxyl groups excluding tert-OH is 2. The molecular formula is C11H24BO3P. The zero-order valence-corrected chi connectivity index (χ0v) is 11.8. The molecule has 0 aromatic carbocycles. The zero-order valence-electron chi connectivity index (χ0n) is 10.7. The maximum atomic E-state index is 10.0. The van der Waals surface area contributed by atoms with E-state index in [1.165, 1.54) is 0 Å². The molecule has 0 radical (unpaired) electrons. The monoisotopic (exact) mass is 246 g/mol. The molecule has 5 heteroatoms. The summed E-state index contributed by atoms with van der Waals surface area (Å²) in [6.45, 7) is 11.7. The number of aliphatic hydroxyl groups is 2. The van der Waals surface area contributed by atoms with Gasteiger partial charge >= 0.3 is 6.64 Å². The van der Waals surface area contributed by atoms with Gasteiger partial charge in [0.2, 0.25) is 0 Å². The summed E-state index contributed by atoms with van der Waals surface area (Å²) in [6, 6.07) is 0. The van der Waals surface area contributed by atoms with Crippen LogP contribution in [0.3, 0.4) is 0 Å². The van der Waals surface area contributed by atoms with Crippen molar-refractivity contribution in [2.24, 2.45) is 11.8 Å². The Morgan fingerprint density at radius 3 is 2.31 bits per heavy atom. The molecule has 0 fully saturated rings. The van der Waals surface area contributed by atoms with E-state index in [1.54, 1.807) is 6.92 Å². The maximum Gasteiger partial charge on any atom is 0.311 e. The van der Waals surface area contributed by atoms with Crippen LogP contribution in [-0.4, -0.2) is 35.7 Å². The quantitative estimate of drug-likeness (QED) is 0.407. The molecule has 0 saturated carbocycles. The van der Waals surface area contributed by atoms with Crippen molar-refractivity contribution in [1.82, 2.24) is 0 Å². The smallest absolute Gasteiger partial charge is 0.311 e. The number of rotatable bonds is 7. The van der Waals surface area contributed by atoms with Crippen LogP contribution >= 0.6 is 9.12 Å². The summed E-state index contributed by atoms with van der Waals surface area (Å²) in [6.07, 6.45) is -1.25. The third-order valence-electron chi connectivity index (χ3n) is 2.75. The van der Waals surface area contributed by atoms with Crippen LogP contribution in [0.5, 0.6) is 0 Å². The summed E-state index contributed by atoms with van der Waals surface area (Å²) in [5.74, 6) is -0.233. The second-order valence-electron chi connectivity index (χ2n) is 4.66. The van der Waals surface area contributed by atoms with Crippen molar-refractivity contribution >= 4 is 15.8 Å². The SMILES string of the molecule is C=C(C)C(O)C(C)C(O)C(C)COB(C)P. The van der Waals surface area contributed by atoms with E-state index in [0.717, 1.165) is 0 Å². The van der Waals surface area contributed by atoms with Crippen LogP contribution in [-0.2, 0) is 4.65 Å². The molecule has 0 rings (SSSR count). The van der Waals surface area contributed by atoms with Gasteiger partial charge < -0.3 is 14.9 Å². The second kappa shape index (κ2) is 7.44. The lowest BCUT2D eigenvalue weighted by Crippen LogP contribution is -2.36. The molecule has 0 amide bonds. The van der Waals surface area contributed by atoms with E-state index in [9.17, 15) is 10.2 Å². The summed E-state index contributed by atoms with van der Waals surface area (Å²) < 4.78 is 5.41. The summed E-state index contributed by atoms with van der Waals surface area (Å²) >= 11 is 0. The van der Waals surface area contributed by atoms with Gasteiger partial charge in [-0.25, -0.2) is 0 Å². The Kier molecular flexibility index (Phi) is 7.50. The van der Waals surface area contributed by atoms with E-state index >= 15 is 0 Å². The molecule has 5 unspecified atom stereocenters. The van der Waals surface area contributed by atoms with E-state index in [0.29, 0.717) is 12.2 Å². The fraction of sp³-hybridized carbons (Fsp3) is 0.818. The predicted octanol–water partition coefficient (Wildman–Crippen LogP) is 1.57. The summed E-state index contributed by atoms with van der Waals surface area (Å²) in [5.41, 5.74) is 0.680. The van der Waals surface area contributed by atoms with Crippen LogP contribution < -0.4 is 0 Å². The molecule has 0 aromatic heterocycles. The lowest BCUT2D eigenvalue weighted by atomic mass is 9.87. The molecule has 0 spiro atoms. The topological polar surface area (TPSA) is 49.7 Å². The molecule has 0 heterocycles. The highest BCUT2D eigenvalue weighted by Gasteiger charge is 2.27. The first-order chi connectivity index (χ1) is 7.27. The molecule has 94 valence electrons. The molecule has 5 atom stereocenters. The van der Waals surface area contributed by atoms with Gasteiger partial charge in [0, 0.05) is 18.4 Å². The van der Waals surface area contributed by atoms with Crippen LogP contribution in [0.4, 0.5) is 0 Å². The van der Waals surface area contributed by atoms with E-state index in [4.69, 9.17) is 4.65 Å². The van der Waals surface area contributed by atoms with Crippen LogP contribution in [0.2, 0.25) is 6.82 Å². The van der Waals surface area contributed by atoms with E-state index in [1.807, 2.05) is 20.7 Å². The Hall–Kier alpha value is 0.115. The average molecular weight is 246 g/mol. The first-order valence-corrected chi connectivity index (χ1v) is 6.32. The van der Waals surface area contributed by atoms with Gasteiger partial charge in [-0.05, 0) is 6.92 Å². The summed E-state index contributed by atoms with van der Waals surface area (Å²) in [5, 5.41) is 19.8. The minimum absolute atomic E-state index is 0.00741. The van der Waals surface area contributed by atoms with Crippen molar-refractivity contribution in [2.75, 3.05) is 6.61 Å². The highest BCUT2D eigenvalue weighted by molar-refractivity contribution is 7.60. The maximum absolute atomic E-state index is 10.0. The Bertz CT molecular complexity index is 223. The molecule has 0 aliphatic heterocycles. The largest absolute Gasteiger partial charge is 0.431 e. The molecule has 0 aliphatic carbocycles. The van der Waals surface area contributed by atoms with Crippen LogP contribution in [0.25, 0.3) is 0 Å². The van der Waals surface area contributed by atoms with Gasteiger partial charge in [-0.15, -0.1) is 9.12 Å². The standard InChI is InChI=1S/C11H24BO3P/c1-7(2)10(13)9(4)11(14)8(3)6-15-12(5)16/h8-11,13-14H,1,6,16H2,2-5H3. The van der Waals surface area contributed by atoms with Gasteiger partial charge in [0.15, 0.2) is 0 Å². The van der Waals surface area contributed by atoms with Crippen LogP contribution in [0.1, 0.15) is 20.8 Å². The van der Waals surface area contributed by atoms with Crippen molar-refractivity contribution in [1.29, 1.82) is 0 Å². The predicted molar refractivity (Wildman–Crippen MR) is 72.4 cm³/mol. The minimum atomic E-state index is -0.661. The highest BCUT2D eigenvalue weighted by Crippen LogP contribution is 2.20. The van der Waals surface area contributed by atoms with E-state index < -0.39 is 12.2 Å². The molecule has 16 heavy (non-hydrogen) atoms. The molecule has 0 aromatic rings. The number of hydrogen-bond donors (Lipinski definition) is 2. The fourth-order valence-corrected chi connectivity index (χ4v) is 1.67. The fourth-order valence-electron chi connectivity index (χ4n) is 1.56. The van der Waals surface area contributed by atoms with Gasteiger partial charge in [-0.2, -0.15) is 0 Å². The van der Waals surface area contributed by atoms with Crippen molar-refractivity contribution in [3.63, 3.8) is 0 Å². The molecule has 0 aliphatic rings. The lowest BCUT2D eigenvalue weighted by Gasteiger charge is -2.29. The van der Waals surface area contributed by atoms with Gasteiger partial charge in [-0.3, -0.25) is 0 Å². The van der Waals surface area contributed by atoms with E-state index in [2.05, 4.69) is 15.7 Å². The van der Waals surface area contributed by atoms with Crippen LogP contribution in [0, 0.1) is 11.8 Å². The van der Waals surface area contributed by atoms with Crippen molar-refractivity contribution in [3.05, 3.63) is 12.2 Å². The normalized spacial score (nSPS) is 18.7. The van der Waals surface area contributed by atoms with Crippen molar-refractivity contribution < 1.29 is 14.9 Å². The molecule has 0 bridgehead atoms. The van der Waals surface area contributed by atoms with Gasteiger partial charge in [-0.1, -0.05) is 32.8 Å². The van der Waals surface area contributed by atoms with Crippen molar-refractivity contribution in [3.8, 4) is 0 Å². The van der Waals surface area contributed by atoms with Gasteiger partial charge in [0.05, 0.1) is 12.2 Å². The first-order valence-electron chi connectivity index (χ1n) is 5.66. The molecular weight excluding hydrogens is 222 g/mol. The molecule has 0 saturated heterocycles. The van der Waals surface area contributed by atoms with Gasteiger partial charge in [0.25, 0.3) is 0 Å². The van der Waals surface area contributed by atoms with Crippen LogP contribution in [0.15, 0.2) is 12.2 Å². The molecule has 2 N–H and O–H groups in total.